The molecule has 132 valence electrons. The maximum atomic E-state index is 12.7. The standard InChI is InChI=1S/C20H25N3O2/c1-14(20(24)22-13-15-7-3-4-11-19(15)25-2)23-12-6-8-16-17(21)9-5-10-18(16)23/h3-5,7,9-11,14H,6,8,12-13,21H2,1-2H3,(H,22,24). The third-order valence-corrected chi connectivity index (χ3v) is 4.82. The Morgan fingerprint density at radius 2 is 2.08 bits per heavy atom. The molecule has 0 bridgehead atoms. The summed E-state index contributed by atoms with van der Waals surface area (Å²) in [5, 5.41) is 3.02. The fourth-order valence-corrected chi connectivity index (χ4v) is 3.40. The predicted octanol–water partition coefficient (Wildman–Crippen LogP) is 2.73. The molecule has 0 saturated carbocycles. The van der Waals surface area contributed by atoms with Gasteiger partial charge in [0.25, 0.3) is 0 Å². The highest BCUT2D eigenvalue weighted by atomic mass is 16.5. The Labute approximate surface area is 148 Å². The number of methoxy groups -OCH3 is 1. The summed E-state index contributed by atoms with van der Waals surface area (Å²) in [6, 6.07) is 13.4. The molecule has 1 heterocycles. The topological polar surface area (TPSA) is 67.6 Å². The third kappa shape index (κ3) is 3.55. The van der Waals surface area contributed by atoms with Crippen LogP contribution in [0.15, 0.2) is 42.5 Å². The second-order valence-corrected chi connectivity index (χ2v) is 6.35. The van der Waals surface area contributed by atoms with E-state index in [1.807, 2.05) is 43.3 Å². The van der Waals surface area contributed by atoms with E-state index in [0.717, 1.165) is 47.6 Å². The quantitative estimate of drug-likeness (QED) is 0.822. The van der Waals surface area contributed by atoms with Gasteiger partial charge in [0, 0.05) is 30.0 Å². The molecule has 2 aromatic carbocycles. The van der Waals surface area contributed by atoms with Gasteiger partial charge in [-0.15, -0.1) is 0 Å². The number of hydrogen-bond acceptors (Lipinski definition) is 4. The van der Waals surface area contributed by atoms with Crippen molar-refractivity contribution in [3.63, 3.8) is 0 Å². The van der Waals surface area contributed by atoms with E-state index >= 15 is 0 Å². The number of nitrogens with zero attached hydrogens (tertiary/aromatic N) is 1. The molecule has 0 spiro atoms. The van der Waals surface area contributed by atoms with Crippen molar-refractivity contribution in [2.75, 3.05) is 24.3 Å². The molecule has 1 aliphatic heterocycles. The van der Waals surface area contributed by atoms with Gasteiger partial charge in [0.1, 0.15) is 11.8 Å². The lowest BCUT2D eigenvalue weighted by atomic mass is 9.98. The first-order chi connectivity index (χ1) is 12.1. The number of nitrogens with two attached hydrogens (primary N) is 1. The van der Waals surface area contributed by atoms with Crippen LogP contribution in [0.25, 0.3) is 0 Å². The van der Waals surface area contributed by atoms with Crippen LogP contribution in [0.3, 0.4) is 0 Å². The van der Waals surface area contributed by atoms with Gasteiger partial charge in [-0.1, -0.05) is 24.3 Å². The van der Waals surface area contributed by atoms with Crippen molar-refractivity contribution in [1.82, 2.24) is 5.32 Å². The minimum Gasteiger partial charge on any atom is -0.496 e. The SMILES string of the molecule is COc1ccccc1CNC(=O)C(C)N1CCCc2c(N)cccc21. The molecule has 3 rings (SSSR count). The molecule has 5 heteroatoms. The van der Waals surface area contributed by atoms with Crippen molar-refractivity contribution in [3.8, 4) is 5.75 Å². The number of fused-ring (bicyclic) bond motifs is 1. The smallest absolute Gasteiger partial charge is 0.242 e. The molecule has 2 aromatic rings. The molecule has 0 radical (unpaired) electrons. The fraction of sp³-hybridized carbons (Fsp3) is 0.350. The summed E-state index contributed by atoms with van der Waals surface area (Å²) in [5.41, 5.74) is 10.1. The first-order valence-electron chi connectivity index (χ1n) is 8.65. The molecule has 5 nitrogen and oxygen atoms in total. The summed E-state index contributed by atoms with van der Waals surface area (Å²) in [7, 11) is 1.64. The molecule has 1 aliphatic rings. The van der Waals surface area contributed by atoms with Gasteiger partial charge >= 0.3 is 0 Å². The van der Waals surface area contributed by atoms with E-state index in [1.54, 1.807) is 7.11 Å². The minimum atomic E-state index is -0.254. The van der Waals surface area contributed by atoms with E-state index in [-0.39, 0.29) is 11.9 Å². The molecule has 0 aliphatic carbocycles. The minimum absolute atomic E-state index is 0.00109. The molecule has 0 aromatic heterocycles. The van der Waals surface area contributed by atoms with Crippen LogP contribution in [0.1, 0.15) is 24.5 Å². The Balaban J connectivity index is 1.71. The lowest BCUT2D eigenvalue weighted by molar-refractivity contribution is -0.122. The van der Waals surface area contributed by atoms with Crippen molar-refractivity contribution < 1.29 is 9.53 Å². The van der Waals surface area contributed by atoms with Crippen LogP contribution in [-0.4, -0.2) is 25.6 Å². The third-order valence-electron chi connectivity index (χ3n) is 4.82. The Morgan fingerprint density at radius 3 is 2.88 bits per heavy atom. The van der Waals surface area contributed by atoms with Crippen molar-refractivity contribution in [3.05, 3.63) is 53.6 Å². The van der Waals surface area contributed by atoms with Gasteiger partial charge < -0.3 is 20.7 Å². The molecule has 1 amide bonds. The maximum Gasteiger partial charge on any atom is 0.242 e. The highest BCUT2D eigenvalue weighted by Crippen LogP contribution is 2.32. The van der Waals surface area contributed by atoms with Crippen LogP contribution in [0.5, 0.6) is 5.75 Å². The number of ether oxygens (including phenoxy) is 1. The average Bonchev–Trinajstić information content (AvgIpc) is 2.65. The number of amides is 1. The van der Waals surface area contributed by atoms with E-state index in [2.05, 4.69) is 16.3 Å². The van der Waals surface area contributed by atoms with Crippen LogP contribution in [0.2, 0.25) is 0 Å². The van der Waals surface area contributed by atoms with Crippen molar-refractivity contribution in [1.29, 1.82) is 0 Å². The number of rotatable bonds is 5. The van der Waals surface area contributed by atoms with Crippen LogP contribution in [0.4, 0.5) is 11.4 Å². The van der Waals surface area contributed by atoms with Crippen LogP contribution < -0.4 is 20.7 Å². The second-order valence-electron chi connectivity index (χ2n) is 6.35. The van der Waals surface area contributed by atoms with Gasteiger partial charge in [-0.05, 0) is 43.5 Å². The number of nitrogen functional groups attached to an aromatic ring is 1. The average molecular weight is 339 g/mol. The lowest BCUT2D eigenvalue weighted by Crippen LogP contribution is -2.47. The highest BCUT2D eigenvalue weighted by Gasteiger charge is 2.26. The van der Waals surface area contributed by atoms with Crippen molar-refractivity contribution in [2.45, 2.75) is 32.4 Å². The van der Waals surface area contributed by atoms with E-state index in [9.17, 15) is 4.79 Å². The number of anilines is 2. The zero-order valence-corrected chi connectivity index (χ0v) is 14.8. The molecule has 0 saturated heterocycles. The fourth-order valence-electron chi connectivity index (χ4n) is 3.40. The molecule has 1 atom stereocenters. The van der Waals surface area contributed by atoms with Gasteiger partial charge in [-0.3, -0.25) is 4.79 Å². The number of benzene rings is 2. The Hall–Kier alpha value is -2.69. The molecule has 3 N–H and O–H groups in total. The summed E-state index contributed by atoms with van der Waals surface area (Å²) in [6.45, 7) is 3.25. The first kappa shape index (κ1) is 17.1. The molecule has 0 fully saturated rings. The van der Waals surface area contributed by atoms with Crippen molar-refractivity contribution in [2.24, 2.45) is 0 Å². The van der Waals surface area contributed by atoms with Crippen LogP contribution in [-0.2, 0) is 17.8 Å². The number of carbonyl (C=O) groups excluding carboxylic acids is 1. The van der Waals surface area contributed by atoms with Gasteiger partial charge in [-0.25, -0.2) is 0 Å². The largest absolute Gasteiger partial charge is 0.496 e. The number of hydrogen-bond donors (Lipinski definition) is 2. The van der Waals surface area contributed by atoms with Crippen molar-refractivity contribution >= 4 is 17.3 Å². The zero-order valence-electron chi connectivity index (χ0n) is 14.8. The summed E-state index contributed by atoms with van der Waals surface area (Å²) >= 11 is 0. The van der Waals surface area contributed by atoms with E-state index in [1.165, 1.54) is 0 Å². The van der Waals surface area contributed by atoms with Crippen LogP contribution >= 0.6 is 0 Å². The van der Waals surface area contributed by atoms with Gasteiger partial charge in [0.15, 0.2) is 0 Å². The molecular weight excluding hydrogens is 314 g/mol. The lowest BCUT2D eigenvalue weighted by Gasteiger charge is -2.36. The molecule has 25 heavy (non-hydrogen) atoms. The second kappa shape index (κ2) is 7.47. The van der Waals surface area contributed by atoms with E-state index in [0.29, 0.717) is 6.54 Å². The van der Waals surface area contributed by atoms with Gasteiger partial charge in [0.05, 0.1) is 7.11 Å². The monoisotopic (exact) mass is 339 g/mol. The summed E-state index contributed by atoms with van der Waals surface area (Å²) < 4.78 is 5.34. The summed E-state index contributed by atoms with van der Waals surface area (Å²) in [4.78, 5) is 14.8. The molecule has 1 unspecified atom stereocenters. The highest BCUT2D eigenvalue weighted by molar-refractivity contribution is 5.86. The first-order valence-corrected chi connectivity index (χ1v) is 8.65. The normalized spacial score (nSPS) is 14.6. The number of nitrogens with one attached hydrogen (secondary N) is 1. The Bertz CT molecular complexity index is 760. The number of para-hydroxylation sites is 1. The van der Waals surface area contributed by atoms with Gasteiger partial charge in [-0.2, -0.15) is 0 Å². The summed E-state index contributed by atoms with van der Waals surface area (Å²) in [6.07, 6.45) is 1.97. The van der Waals surface area contributed by atoms with E-state index < -0.39 is 0 Å². The van der Waals surface area contributed by atoms with Gasteiger partial charge in [0.2, 0.25) is 5.91 Å². The Kier molecular flexibility index (Phi) is 5.12. The summed E-state index contributed by atoms with van der Waals surface area (Å²) in [5.74, 6) is 0.785. The zero-order chi connectivity index (χ0) is 17.8. The Morgan fingerprint density at radius 1 is 1.28 bits per heavy atom. The maximum absolute atomic E-state index is 12.7. The van der Waals surface area contributed by atoms with Crippen LogP contribution in [0, 0.1) is 0 Å². The molecular formula is C20H25N3O2. The van der Waals surface area contributed by atoms with E-state index in [4.69, 9.17) is 10.5 Å². The predicted molar refractivity (Wildman–Crippen MR) is 101 cm³/mol. The number of carbonyl (C=O) groups is 1.